The van der Waals surface area contributed by atoms with E-state index in [-0.39, 0.29) is 11.7 Å². The topological polar surface area (TPSA) is 35.6 Å². The van der Waals surface area contributed by atoms with Crippen molar-refractivity contribution < 1.29 is 9.18 Å². The van der Waals surface area contributed by atoms with Gasteiger partial charge in [0.2, 0.25) is 0 Å². The van der Waals surface area contributed by atoms with Gasteiger partial charge >= 0.3 is 0 Å². The van der Waals surface area contributed by atoms with Crippen molar-refractivity contribution >= 4 is 11.6 Å². The number of nitrogens with one attached hydrogen (secondary N) is 1. The van der Waals surface area contributed by atoms with Gasteiger partial charge in [-0.3, -0.25) is 4.79 Å². The van der Waals surface area contributed by atoms with Gasteiger partial charge in [-0.05, 0) is 74.0 Å². The van der Waals surface area contributed by atoms with Crippen molar-refractivity contribution in [1.29, 1.82) is 0 Å². The summed E-state index contributed by atoms with van der Waals surface area (Å²) < 4.78 is 13.2. The smallest absolute Gasteiger partial charge is 0.254 e. The number of carbonyl (C=O) groups excluding carboxylic acids is 1. The number of unbranched alkanes of at least 4 members (excludes halogenated alkanes) is 1. The lowest BCUT2D eigenvalue weighted by molar-refractivity contribution is 0.0766. The molecular formula is C32H44FN3O. The molecule has 1 N–H and O–H groups in total. The number of likely N-dealkylation sites (tertiary alicyclic amines) is 1. The predicted molar refractivity (Wildman–Crippen MR) is 153 cm³/mol. The first-order valence-corrected chi connectivity index (χ1v) is 13.9. The minimum atomic E-state index is -0.261. The van der Waals surface area contributed by atoms with Crippen molar-refractivity contribution in [2.45, 2.75) is 77.9 Å². The molecule has 0 radical (unpaired) electrons. The van der Waals surface area contributed by atoms with Crippen molar-refractivity contribution in [3.8, 4) is 0 Å². The molecule has 1 saturated heterocycles. The summed E-state index contributed by atoms with van der Waals surface area (Å²) in [5.41, 5.74) is 4.55. The number of hydrogen-bond donors (Lipinski definition) is 1. The molecule has 37 heavy (non-hydrogen) atoms. The number of carbonyl (C=O) groups is 1. The van der Waals surface area contributed by atoms with Gasteiger partial charge in [0.15, 0.2) is 0 Å². The second-order valence-corrected chi connectivity index (χ2v) is 10.2. The number of benzene rings is 2. The van der Waals surface area contributed by atoms with Gasteiger partial charge in [0, 0.05) is 43.5 Å². The normalized spacial score (nSPS) is 17.1. The van der Waals surface area contributed by atoms with Crippen molar-refractivity contribution in [3.05, 3.63) is 89.8 Å². The Balaban J connectivity index is 0.00000121. The Morgan fingerprint density at radius 1 is 1.16 bits per heavy atom. The minimum Gasteiger partial charge on any atom is -0.385 e. The zero-order chi connectivity index (χ0) is 26.6. The van der Waals surface area contributed by atoms with Crippen LogP contribution in [0.5, 0.6) is 0 Å². The summed E-state index contributed by atoms with van der Waals surface area (Å²) in [7, 11) is 0. The molecular weight excluding hydrogens is 461 g/mol. The molecule has 2 aliphatic heterocycles. The van der Waals surface area contributed by atoms with E-state index in [2.05, 4.69) is 30.3 Å². The van der Waals surface area contributed by atoms with E-state index in [0.29, 0.717) is 13.1 Å². The summed E-state index contributed by atoms with van der Waals surface area (Å²) in [6.45, 7) is 16.1. The quantitative estimate of drug-likeness (QED) is 0.260. The molecule has 1 fully saturated rings. The summed E-state index contributed by atoms with van der Waals surface area (Å²) in [5, 5.41) is 3.48. The molecule has 200 valence electrons. The highest BCUT2D eigenvalue weighted by atomic mass is 19.1. The maximum absolute atomic E-state index is 13.2. The molecule has 1 atom stereocenters. The highest BCUT2D eigenvalue weighted by Crippen LogP contribution is 2.27. The van der Waals surface area contributed by atoms with Crippen molar-refractivity contribution in [2.75, 3.05) is 19.6 Å². The minimum absolute atomic E-state index is 0.0252. The van der Waals surface area contributed by atoms with E-state index >= 15 is 0 Å². The zero-order valence-corrected chi connectivity index (χ0v) is 22.8. The largest absolute Gasteiger partial charge is 0.385 e. The van der Waals surface area contributed by atoms with E-state index in [4.69, 9.17) is 0 Å². The highest BCUT2D eigenvalue weighted by molar-refractivity contribution is 5.99. The molecule has 2 aromatic carbocycles. The number of amides is 1. The molecule has 2 heterocycles. The van der Waals surface area contributed by atoms with Crippen LogP contribution in [0.1, 0.15) is 85.8 Å². The van der Waals surface area contributed by atoms with Gasteiger partial charge in [0.25, 0.3) is 5.91 Å². The molecule has 1 unspecified atom stereocenters. The fraction of sp³-hybridized carbons (Fsp3) is 0.469. The molecule has 5 heteroatoms. The number of halogens is 1. The summed E-state index contributed by atoms with van der Waals surface area (Å²) >= 11 is 0. The Morgan fingerprint density at radius 2 is 1.92 bits per heavy atom. The molecule has 0 aromatic heterocycles. The molecule has 0 aliphatic carbocycles. The molecule has 4 rings (SSSR count). The number of piperidine rings is 1. The monoisotopic (exact) mass is 505 g/mol. The van der Waals surface area contributed by atoms with Gasteiger partial charge in [0.1, 0.15) is 5.82 Å². The van der Waals surface area contributed by atoms with Gasteiger partial charge in [-0.1, -0.05) is 63.1 Å². The number of nitrogens with zero attached hydrogens (tertiary/aromatic N) is 2. The van der Waals surface area contributed by atoms with Gasteiger partial charge in [0.05, 0.1) is 0 Å². The van der Waals surface area contributed by atoms with Crippen LogP contribution in [0.4, 0.5) is 4.39 Å². The van der Waals surface area contributed by atoms with Crippen molar-refractivity contribution in [2.24, 2.45) is 0 Å². The number of rotatable bonds is 11. The molecule has 2 aliphatic rings. The van der Waals surface area contributed by atoms with Gasteiger partial charge in [-0.2, -0.15) is 0 Å². The summed E-state index contributed by atoms with van der Waals surface area (Å²) in [6.07, 6.45) is 10.8. The molecule has 0 spiro atoms. The maximum Gasteiger partial charge on any atom is 0.254 e. The van der Waals surface area contributed by atoms with Gasteiger partial charge < -0.3 is 15.1 Å². The van der Waals surface area contributed by atoms with E-state index in [1.807, 2.05) is 30.0 Å². The second-order valence-electron chi connectivity index (χ2n) is 10.2. The number of hydrogen-bond acceptors (Lipinski definition) is 3. The SMILES string of the molecule is C=C(NCCCN1CCCCC1CCCC)c1ccc2c(c1)C(=O)N(Cc1ccc(F)cc1)C2.C=CC. The van der Waals surface area contributed by atoms with Crippen LogP contribution >= 0.6 is 0 Å². The Hall–Kier alpha value is -2.92. The van der Waals surface area contributed by atoms with Crippen LogP contribution in [0.2, 0.25) is 0 Å². The summed E-state index contributed by atoms with van der Waals surface area (Å²) in [6, 6.07) is 13.2. The van der Waals surface area contributed by atoms with E-state index in [0.717, 1.165) is 53.5 Å². The molecule has 0 saturated carbocycles. The lowest BCUT2D eigenvalue weighted by atomic mass is 9.97. The third-order valence-electron chi connectivity index (χ3n) is 7.22. The number of fused-ring (bicyclic) bond motifs is 1. The van der Waals surface area contributed by atoms with E-state index in [1.54, 1.807) is 18.2 Å². The fourth-order valence-electron chi connectivity index (χ4n) is 5.23. The lowest BCUT2D eigenvalue weighted by Gasteiger charge is -2.36. The standard InChI is InChI=1S/C29H38FN3O.C3H6/c1-3-4-8-27-9-5-6-17-32(27)18-7-16-31-22(2)24-12-13-25-21-33(29(34)28(25)19-24)20-23-10-14-26(30)15-11-23;1-3-2/h10-15,19,27,31H,2-9,16-18,20-21H2,1H3;3H,1H2,2H3. The average Bonchev–Trinajstić information content (AvgIpc) is 3.21. The van der Waals surface area contributed by atoms with Crippen LogP contribution in [0.25, 0.3) is 5.70 Å². The Bertz CT molecular complexity index is 1030. The predicted octanol–water partition coefficient (Wildman–Crippen LogP) is 7.17. The van der Waals surface area contributed by atoms with E-state index in [1.165, 1.54) is 57.2 Å². The third kappa shape index (κ3) is 8.29. The zero-order valence-electron chi connectivity index (χ0n) is 22.8. The first-order valence-electron chi connectivity index (χ1n) is 13.9. The molecule has 4 nitrogen and oxygen atoms in total. The maximum atomic E-state index is 13.2. The Kier molecular flexibility index (Phi) is 11.4. The van der Waals surface area contributed by atoms with Crippen molar-refractivity contribution in [1.82, 2.24) is 15.1 Å². The van der Waals surface area contributed by atoms with E-state index < -0.39 is 0 Å². The van der Waals surface area contributed by atoms with Crippen molar-refractivity contribution in [3.63, 3.8) is 0 Å². The summed E-state index contributed by atoms with van der Waals surface area (Å²) in [5.74, 6) is -0.236. The average molecular weight is 506 g/mol. The Morgan fingerprint density at radius 3 is 2.65 bits per heavy atom. The van der Waals surface area contributed by atoms with E-state index in [9.17, 15) is 9.18 Å². The third-order valence-corrected chi connectivity index (χ3v) is 7.22. The highest BCUT2D eigenvalue weighted by Gasteiger charge is 2.28. The van der Waals surface area contributed by atoms with Crippen LogP contribution in [-0.2, 0) is 13.1 Å². The molecule has 2 aromatic rings. The first kappa shape index (κ1) is 28.6. The van der Waals surface area contributed by atoms with Crippen LogP contribution in [0.3, 0.4) is 0 Å². The second kappa shape index (κ2) is 14.7. The lowest BCUT2D eigenvalue weighted by Crippen LogP contribution is -2.40. The van der Waals surface area contributed by atoms with Gasteiger partial charge in [-0.25, -0.2) is 4.39 Å². The Labute approximate surface area is 223 Å². The summed E-state index contributed by atoms with van der Waals surface area (Å²) in [4.78, 5) is 17.5. The van der Waals surface area contributed by atoms with Gasteiger partial charge in [-0.15, -0.1) is 6.58 Å². The first-order chi connectivity index (χ1) is 18.0. The van der Waals surface area contributed by atoms with Crippen LogP contribution < -0.4 is 5.32 Å². The molecule has 0 bridgehead atoms. The number of allylic oxidation sites excluding steroid dienone is 1. The fourth-order valence-corrected chi connectivity index (χ4v) is 5.23. The van der Waals surface area contributed by atoms with Crippen LogP contribution in [0, 0.1) is 5.82 Å². The molecule has 1 amide bonds. The van der Waals surface area contributed by atoms with Crippen LogP contribution in [-0.4, -0.2) is 41.4 Å². The van der Waals surface area contributed by atoms with Crippen LogP contribution in [0.15, 0.2) is 61.7 Å².